The Morgan fingerprint density at radius 2 is 0.989 bits per heavy atom. The Labute approximate surface area is 615 Å². The van der Waals surface area contributed by atoms with Gasteiger partial charge in [-0.15, -0.1) is 12.4 Å². The average molecular weight is 1440 g/mol. The molecular weight excluding hydrogens is 1350 g/mol. The van der Waals surface area contributed by atoms with Crippen molar-refractivity contribution >= 4 is 152 Å². The predicted octanol–water partition coefficient (Wildman–Crippen LogP) is 5.37. The summed E-state index contributed by atoms with van der Waals surface area (Å²) in [4.78, 5) is 62.3. The molecule has 5 aliphatic heterocycles. The van der Waals surface area contributed by atoms with Gasteiger partial charge >= 0.3 is 123 Å². The van der Waals surface area contributed by atoms with E-state index in [1.807, 2.05) is 107 Å². The molecule has 88 heavy (non-hydrogen) atoms. The zero-order chi connectivity index (χ0) is 62.5. The Hall–Kier alpha value is -0.317. The van der Waals surface area contributed by atoms with E-state index >= 15 is 0 Å². The van der Waals surface area contributed by atoms with E-state index in [2.05, 4.69) is 81.8 Å². The van der Waals surface area contributed by atoms with Crippen LogP contribution in [0.5, 0.6) is 0 Å². The maximum atomic E-state index is 12.2. The minimum Gasteiger partial charge on any atom is -0.870 e. The van der Waals surface area contributed by atoms with Crippen LogP contribution in [0.1, 0.15) is 108 Å². The zero-order valence-corrected chi connectivity index (χ0v) is 64.5. The second-order valence-electron chi connectivity index (χ2n) is 20.1. The number of aliphatic hydroxyl groups excluding tert-OH is 2. The summed E-state index contributed by atoms with van der Waals surface area (Å²) in [6.45, 7) is 9.59. The first kappa shape index (κ1) is 91.9. The van der Waals surface area contributed by atoms with Gasteiger partial charge in [-0.3, -0.25) is 33.9 Å². The van der Waals surface area contributed by atoms with Crippen LogP contribution < -0.4 is 40.2 Å². The first-order valence-corrected chi connectivity index (χ1v) is 48.5. The number of alkyl halides is 1. The molecule has 4 aromatic carbocycles. The van der Waals surface area contributed by atoms with Gasteiger partial charge < -0.3 is 50.7 Å². The molecule has 5 fully saturated rings. The smallest absolute Gasteiger partial charge is 0.870 e. The zero-order valence-electron chi connectivity index (χ0n) is 51.6. The van der Waals surface area contributed by atoms with Gasteiger partial charge in [0.15, 0.2) is 0 Å². The summed E-state index contributed by atoms with van der Waals surface area (Å²) in [5.74, 6) is -2.22. The number of hydrogen-bond acceptors (Lipinski definition) is 17. The standard InChI is InChI=1S/C15H21NO3.C14H19NO3.C13H17NO2.C7H7Br.C6H11NO2.C5H9NO2.CH4.Cl2OS.ClH.2K.Na.H2O/c1-12(17)15(14(18)19-2)9-6-10-16(15)11-13-7-4-3-5-8-13;1-11(16)14(13(17)18)8-5-9-15(14)10-12-6-3-2-4-7-12;1-16-13(15)12-8-5-9-14(12)10-11-6-3-2-4-7-11;8-6-7-4-2-1-3-5-7;1-9-6(8)5-3-2-4-7-5;7-5(8)4-2-1-3-6-4;;1-4(2)3;;;;;/h3-5,7-8,12,17H,6,9-11H2,1-2H3;2-4,6-7,11,16H,5,8-10H2,1H3,(H,17,18);2-4,6-7,12H,5,8-10H2,1H3;1-5H,6H2;5,7H,2-4H2,1H3;4,6H,1-3H2,(H,7,8);1H4;;1H;;;;1H2/q;;;;;;;;;;;+1;/p-1. The van der Waals surface area contributed by atoms with Crippen molar-refractivity contribution in [1.82, 2.24) is 25.3 Å². The van der Waals surface area contributed by atoms with Crippen molar-refractivity contribution in [2.24, 2.45) is 0 Å². The first-order valence-electron chi connectivity index (χ1n) is 28.5. The van der Waals surface area contributed by atoms with Gasteiger partial charge in [0.05, 0.1) is 33.5 Å². The summed E-state index contributed by atoms with van der Waals surface area (Å²) in [6.07, 6.45) is 7.02. The van der Waals surface area contributed by atoms with Crippen LogP contribution in [-0.4, -0.2) is 233 Å². The number of aliphatic hydroxyl groups is 2. The minimum absolute atomic E-state index is 0. The van der Waals surface area contributed by atoms with Crippen LogP contribution in [0, 0.1) is 0 Å². The van der Waals surface area contributed by atoms with Crippen LogP contribution in [-0.2, 0) is 72.4 Å². The number of nitrogens with zero attached hydrogens (tertiary/aromatic N) is 3. The van der Waals surface area contributed by atoms with Crippen LogP contribution in [0.2, 0.25) is 0 Å². The number of hydrogen-bond donors (Lipinski definition) is 6. The van der Waals surface area contributed by atoms with Crippen LogP contribution in [0.25, 0.3) is 0 Å². The van der Waals surface area contributed by atoms with Crippen LogP contribution in [0.15, 0.2) is 121 Å². The predicted molar refractivity (Wildman–Crippen MR) is 351 cm³/mol. The third-order valence-corrected chi connectivity index (χ3v) is 15.4. The molecule has 0 amide bonds. The number of carbonyl (C=O) groups is 5. The largest absolute Gasteiger partial charge is 1.00 e. The van der Waals surface area contributed by atoms with Crippen LogP contribution in [0.3, 0.4) is 0 Å². The molecule has 7 N–H and O–H groups in total. The fraction of sp³-hybridized carbons (Fsp3) is 0.525. The fourth-order valence-electron chi connectivity index (χ4n) is 10.5. The summed E-state index contributed by atoms with van der Waals surface area (Å²) in [7, 11) is 11.6. The molecule has 7 atom stereocenters. The Morgan fingerprint density at radius 1 is 0.614 bits per heavy atom. The molecule has 0 saturated carbocycles. The van der Waals surface area contributed by atoms with Crippen molar-refractivity contribution in [3.8, 4) is 0 Å². The van der Waals surface area contributed by atoms with Crippen molar-refractivity contribution in [2.45, 2.75) is 152 Å². The first-order chi connectivity index (χ1) is 40.3. The Morgan fingerprint density at radius 3 is 1.31 bits per heavy atom. The normalized spacial score (nSPS) is 21.1. The number of carbonyl (C=O) groups excluding carboxylic acids is 3. The molecule has 0 radical (unpaired) electrons. The van der Waals surface area contributed by atoms with Crippen molar-refractivity contribution < 1.29 is 97.9 Å². The molecule has 9 rings (SSSR count). The van der Waals surface area contributed by atoms with Crippen molar-refractivity contribution in [3.05, 3.63) is 144 Å². The number of aliphatic carboxylic acids is 2. The molecule has 4 aromatic rings. The van der Waals surface area contributed by atoms with Gasteiger partial charge in [0.25, 0.3) is 0 Å². The summed E-state index contributed by atoms with van der Waals surface area (Å²) >= 11 is 5.86. The van der Waals surface area contributed by atoms with E-state index in [0.29, 0.717) is 32.5 Å². The average Bonchev–Trinajstić information content (AvgIpc) is 2.74. The number of carboxylic acids is 2. The van der Waals surface area contributed by atoms with Crippen molar-refractivity contribution in [1.29, 1.82) is 0 Å². The van der Waals surface area contributed by atoms with Gasteiger partial charge in [0.2, 0.25) is 9.23 Å². The molecule has 5 heterocycles. The van der Waals surface area contributed by atoms with E-state index in [-0.39, 0.29) is 90.9 Å². The molecule has 7 unspecified atom stereocenters. The quantitative estimate of drug-likeness (QED) is 0.0305. The number of esters is 3. The number of nitrogens with one attached hydrogen (secondary N) is 2. The molecule has 19 nitrogen and oxygen atoms in total. The molecule has 480 valence electrons. The number of methoxy groups -OCH3 is 3. The molecule has 5 aliphatic rings. The van der Waals surface area contributed by atoms with Gasteiger partial charge in [0.1, 0.15) is 29.2 Å². The van der Waals surface area contributed by atoms with Crippen molar-refractivity contribution in [3.63, 3.8) is 0 Å². The third kappa shape index (κ3) is 32.4. The third-order valence-electron chi connectivity index (χ3n) is 14.8. The van der Waals surface area contributed by atoms with E-state index in [9.17, 15) is 39.3 Å². The number of rotatable bonds is 14. The molecule has 0 bridgehead atoms. The van der Waals surface area contributed by atoms with E-state index in [0.717, 1.165) is 101 Å². The maximum Gasteiger partial charge on any atom is 1.00 e. The molecule has 27 heteroatoms. The van der Waals surface area contributed by atoms with Crippen LogP contribution in [0.4, 0.5) is 0 Å². The number of halogens is 4. The topological polar surface area (TPSA) is 275 Å². The Bertz CT molecular complexity index is 2510. The number of ether oxygens (including phenoxy) is 3. The summed E-state index contributed by atoms with van der Waals surface area (Å²) in [5.41, 5.74) is 2.76. The summed E-state index contributed by atoms with van der Waals surface area (Å²) < 4.78 is 23.4. The Balaban J connectivity index is -0.000000985. The van der Waals surface area contributed by atoms with Crippen LogP contribution >= 0.6 is 49.7 Å². The van der Waals surface area contributed by atoms with Crippen molar-refractivity contribution in [2.75, 3.05) is 54.1 Å². The van der Waals surface area contributed by atoms with Gasteiger partial charge in [-0.1, -0.05) is 145 Å². The van der Waals surface area contributed by atoms with E-state index in [4.69, 9.17) is 18.8 Å². The number of likely N-dealkylation sites (tertiary alicyclic amines) is 3. The van der Waals surface area contributed by atoms with Gasteiger partial charge in [-0.25, -0.2) is 9.00 Å². The van der Waals surface area contributed by atoms with Gasteiger partial charge in [-0.05, 0) is 133 Å². The monoisotopic (exact) mass is 1430 g/mol. The van der Waals surface area contributed by atoms with E-state index in [1.54, 1.807) is 13.8 Å². The minimum atomic E-state index is -1.67. The summed E-state index contributed by atoms with van der Waals surface area (Å²) in [5, 5.41) is 44.7. The second-order valence-corrected chi connectivity index (χ2v) is 23.2. The Kier molecular flexibility index (Phi) is 55.2. The van der Waals surface area contributed by atoms with E-state index < -0.39 is 44.5 Å². The molecule has 0 aliphatic carbocycles. The van der Waals surface area contributed by atoms with Gasteiger partial charge in [0, 0.05) is 46.3 Å². The van der Waals surface area contributed by atoms with Gasteiger partial charge in [-0.2, -0.15) is 0 Å². The number of carboxylic acid groups (broad SMARTS) is 2. The second kappa shape index (κ2) is 52.9. The molecular formula is C61H90BrCl3K2N5NaO14S. The number of benzene rings is 4. The SMILES string of the molecule is BrCc1ccccc1.C.CC(O)C1(C(=O)O)CCCN1Cc1ccccc1.COC(=O)C1(C(C)O)CCCN1Cc1ccccc1.COC(=O)C1CCCN1.COC(=O)C1CCCN1Cc1ccccc1.Cl.O=C(O)C1CCCN1.O=S(Cl)Cl.[K][K].[Na+].[OH-]. The molecule has 0 spiro atoms. The fourth-order valence-corrected chi connectivity index (χ4v) is 10.9. The summed E-state index contributed by atoms with van der Waals surface area (Å²) in [6, 6.07) is 39.9. The molecule has 5 saturated heterocycles. The maximum absolute atomic E-state index is 12.2. The molecule has 0 aromatic heterocycles. The van der Waals surface area contributed by atoms with E-state index in [1.165, 1.54) is 95.6 Å².